The number of carbonyl (C=O) groups is 1. The van der Waals surface area contributed by atoms with Crippen molar-refractivity contribution in [1.82, 2.24) is 0 Å². The average Bonchev–Trinajstić information content (AvgIpc) is 0.787. The second kappa shape index (κ2) is 47.5. The van der Waals surface area contributed by atoms with E-state index in [4.69, 9.17) is 71.1 Å². The summed E-state index contributed by atoms with van der Waals surface area (Å²) in [6.45, 7) is 22.0. The molecule has 0 aliphatic carbocycles. The molecule has 7 saturated heterocycles. The summed E-state index contributed by atoms with van der Waals surface area (Å²) in [5.41, 5.74) is 2.99. The molecule has 119 heavy (non-hydrogen) atoms. The number of hydrogen-bond acceptors (Lipinski definition) is 37. The van der Waals surface area contributed by atoms with Gasteiger partial charge in [0, 0.05) is 5.57 Å². The zero-order valence-electron chi connectivity index (χ0n) is 69.4. The predicted molar refractivity (Wildman–Crippen MR) is 416 cm³/mol. The lowest BCUT2D eigenvalue weighted by atomic mass is 9.95. The van der Waals surface area contributed by atoms with Crippen LogP contribution < -0.4 is 0 Å². The maximum atomic E-state index is 13.5. The Morgan fingerprint density at radius 2 is 0.647 bits per heavy atom. The smallest absolute Gasteiger partial charge is 0.333 e. The van der Waals surface area contributed by atoms with Gasteiger partial charge >= 0.3 is 5.97 Å². The number of aliphatic hydroxyl groups excluding tert-OH is 21. The number of rotatable bonds is 42. The first-order chi connectivity index (χ1) is 56.2. The fraction of sp³-hybridized carbons (Fsp3) is 0.793. The molecule has 0 aromatic carbocycles. The van der Waals surface area contributed by atoms with Crippen molar-refractivity contribution in [2.75, 3.05) is 39.6 Å². The summed E-state index contributed by atoms with van der Waals surface area (Å²) in [5.74, 6) is -0.844. The summed E-state index contributed by atoms with van der Waals surface area (Å²) >= 11 is 0. The predicted octanol–water partition coefficient (Wildman–Crippen LogP) is -2.41. The third-order valence-electron chi connectivity index (χ3n) is 22.9. The second-order valence-corrected chi connectivity index (χ2v) is 32.7. The Kier molecular flexibility index (Phi) is 40.8. The Morgan fingerprint density at radius 3 is 1.03 bits per heavy atom. The van der Waals surface area contributed by atoms with Gasteiger partial charge in [-0.3, -0.25) is 0 Å². The van der Waals surface area contributed by atoms with Crippen molar-refractivity contribution in [3.8, 4) is 0 Å². The van der Waals surface area contributed by atoms with E-state index in [0.29, 0.717) is 64.2 Å². The molecular formula is C82H134O37. The van der Waals surface area contributed by atoms with Crippen LogP contribution in [0.25, 0.3) is 0 Å². The van der Waals surface area contributed by atoms with Gasteiger partial charge in [-0.2, -0.15) is 0 Å². The van der Waals surface area contributed by atoms with Crippen molar-refractivity contribution in [2.24, 2.45) is 0 Å². The molecule has 0 saturated carbocycles. The van der Waals surface area contributed by atoms with Crippen LogP contribution in [-0.2, 0) is 75.8 Å². The number of hydrogen-bond donors (Lipinski definition) is 21. The molecule has 0 unspecified atom stereocenters. The van der Waals surface area contributed by atoms with Gasteiger partial charge < -0.3 is 178 Å². The molecule has 37 nitrogen and oxygen atoms in total. The first-order valence-corrected chi connectivity index (χ1v) is 40.8. The Balaban J connectivity index is 0.820. The number of ether oxygens (including phenoxy) is 15. The molecular weight excluding hydrogens is 1580 g/mol. The van der Waals surface area contributed by atoms with E-state index in [1.807, 2.05) is 52.8 Å². The third kappa shape index (κ3) is 27.5. The SMILES string of the molecule is C=C[C@](C)(CCC=C(C)CCC=C(C)CCC=C(C)CO[C@@H]1O[C@@H](C)[C@H](O)[C@@H](O[C@@H]2O[C@H](CO[C@@H]3O[C@@H](C)[C@H](O)[C@@H](OC(=O)C(C)=CCCC(C)=CCCC(C)=CCC[C@@](C)(C=C)O[C@@H]4O[C@H](CO)[C@@H](O)[C@H](O)[C@H]4O[C@@H]4O[C@H](CO)[C@@H](O)[C@H](O)[C@H]4O)[C@H]3O)[C@@H](O)[C@H](O)[C@H]2O)[C@H]1O)O[C@@H]1O[C@H](CO)[C@@H](O)[C@H](O)[C@H]1O[C@@H]1O[C@H](CO)[C@@H](O)[C@H](O)[C@H]1O. The maximum absolute atomic E-state index is 13.5. The fourth-order valence-electron chi connectivity index (χ4n) is 14.6. The Hall–Kier alpha value is -4.01. The normalized spacial score (nSPS) is 41.1. The van der Waals surface area contributed by atoms with Gasteiger partial charge in [-0.15, -0.1) is 13.2 Å². The molecule has 684 valence electrons. The van der Waals surface area contributed by atoms with Crippen LogP contribution in [0.3, 0.4) is 0 Å². The van der Waals surface area contributed by atoms with Crippen molar-refractivity contribution in [3.05, 3.63) is 95.2 Å². The molecule has 0 aromatic heterocycles. The van der Waals surface area contributed by atoms with Gasteiger partial charge in [0.1, 0.15) is 153 Å². The summed E-state index contributed by atoms with van der Waals surface area (Å²) in [6, 6.07) is 0. The van der Waals surface area contributed by atoms with Gasteiger partial charge in [0.2, 0.25) is 0 Å². The van der Waals surface area contributed by atoms with Crippen molar-refractivity contribution in [1.29, 1.82) is 0 Å². The van der Waals surface area contributed by atoms with Gasteiger partial charge in [0.15, 0.2) is 50.1 Å². The number of carbonyl (C=O) groups excluding carboxylic acids is 1. The molecule has 0 aromatic rings. The van der Waals surface area contributed by atoms with E-state index >= 15 is 0 Å². The van der Waals surface area contributed by atoms with Crippen LogP contribution in [0.2, 0.25) is 0 Å². The van der Waals surface area contributed by atoms with Crippen molar-refractivity contribution < 1.29 is 183 Å². The van der Waals surface area contributed by atoms with E-state index in [9.17, 15) is 112 Å². The lowest BCUT2D eigenvalue weighted by molar-refractivity contribution is -0.375. The molecule has 0 spiro atoms. The number of allylic oxidation sites excluding steroid dienone is 10. The Bertz CT molecular complexity index is 3300. The topological polar surface area (TPSA) is 580 Å². The summed E-state index contributed by atoms with van der Waals surface area (Å²) in [7, 11) is 0. The Morgan fingerprint density at radius 1 is 0.336 bits per heavy atom. The first-order valence-electron chi connectivity index (χ1n) is 40.8. The minimum atomic E-state index is -1.93. The molecule has 0 radical (unpaired) electrons. The van der Waals surface area contributed by atoms with E-state index in [-0.39, 0.29) is 12.2 Å². The van der Waals surface area contributed by atoms with Crippen LogP contribution in [0.1, 0.15) is 146 Å². The molecule has 0 amide bonds. The Labute approximate surface area is 693 Å². The standard InChI is InChI=1S/C82H134O37/c1-13-81(11,118-79-71(62(97)56(91)49(35-85)111-79)116-76-64(99)59(94)54(89)47(33-83)109-76)31-19-28-41(5)23-15-21-39(3)25-17-27-43(7)37-105-74-68(103)70(53(88)46(10)107-74)115-78-66(101)61(96)58(93)51(113-78)38-106-75-67(102)69(52(87)45(9)108-75)114-73(104)44(8)30-18-26-40(4)22-16-24-42(6)29-20-32-82(12,14-2)119-80-72(63(98)57(92)50(36-86)112-80)117-77-65(100)60(95)55(90)48(34-84)110-77/h13-14,21-22,27-30,45-72,74-80,83-103H,1-2,15-20,23-26,31-38H2,3-12H3/t45-,46-,47+,48+,49+,50+,51+,52-,53-,54+,55+,56+,57+,58+,59-,60-,61-,62-,63-,64+,65+,66+,67+,68+,69+,70+,71+,72+,74+,75+,76-,77-,78-,79-,80-,81+,82+/m0/s1. The first kappa shape index (κ1) is 102. The monoisotopic (exact) mass is 1710 g/mol. The van der Waals surface area contributed by atoms with Crippen LogP contribution in [0.15, 0.2) is 95.2 Å². The van der Waals surface area contributed by atoms with Crippen LogP contribution in [0.5, 0.6) is 0 Å². The maximum Gasteiger partial charge on any atom is 0.333 e. The van der Waals surface area contributed by atoms with Crippen molar-refractivity contribution in [3.63, 3.8) is 0 Å². The van der Waals surface area contributed by atoms with Crippen LogP contribution >= 0.6 is 0 Å². The number of aliphatic hydroxyl groups is 21. The van der Waals surface area contributed by atoms with E-state index in [1.165, 1.54) is 32.9 Å². The van der Waals surface area contributed by atoms with Gasteiger partial charge in [-0.05, 0) is 146 Å². The lowest BCUT2D eigenvalue weighted by Gasteiger charge is -2.47. The van der Waals surface area contributed by atoms with Crippen LogP contribution in [0, 0.1) is 0 Å². The molecule has 7 aliphatic rings. The molecule has 7 heterocycles. The van der Waals surface area contributed by atoms with Gasteiger partial charge in [0.25, 0.3) is 0 Å². The molecule has 0 bridgehead atoms. The van der Waals surface area contributed by atoms with Gasteiger partial charge in [-0.1, -0.05) is 76.5 Å². The average molecular weight is 1710 g/mol. The molecule has 21 N–H and O–H groups in total. The van der Waals surface area contributed by atoms with Crippen LogP contribution in [-0.4, -0.2) is 379 Å². The third-order valence-corrected chi connectivity index (χ3v) is 22.9. The van der Waals surface area contributed by atoms with Crippen molar-refractivity contribution in [2.45, 2.75) is 372 Å². The van der Waals surface area contributed by atoms with Crippen LogP contribution in [0.4, 0.5) is 0 Å². The molecule has 7 fully saturated rings. The van der Waals surface area contributed by atoms with E-state index in [0.717, 1.165) is 40.7 Å². The number of esters is 1. The fourth-order valence-corrected chi connectivity index (χ4v) is 14.6. The summed E-state index contributed by atoms with van der Waals surface area (Å²) in [4.78, 5) is 13.5. The molecule has 7 rings (SSSR count). The van der Waals surface area contributed by atoms with E-state index in [2.05, 4.69) is 25.3 Å². The summed E-state index contributed by atoms with van der Waals surface area (Å²) in [6.07, 6.45) is -34.0. The zero-order valence-corrected chi connectivity index (χ0v) is 69.4. The highest BCUT2D eigenvalue weighted by molar-refractivity contribution is 5.87. The highest BCUT2D eigenvalue weighted by Crippen LogP contribution is 2.38. The minimum Gasteiger partial charge on any atom is -0.453 e. The largest absolute Gasteiger partial charge is 0.453 e. The summed E-state index contributed by atoms with van der Waals surface area (Å²) < 4.78 is 87.8. The van der Waals surface area contributed by atoms with Gasteiger partial charge in [0.05, 0.1) is 63.1 Å². The highest BCUT2D eigenvalue weighted by Gasteiger charge is 2.57. The van der Waals surface area contributed by atoms with E-state index in [1.54, 1.807) is 19.9 Å². The lowest BCUT2D eigenvalue weighted by Crippen LogP contribution is -2.65. The molecule has 7 aliphatic heterocycles. The summed E-state index contributed by atoms with van der Waals surface area (Å²) in [5, 5.41) is 224. The minimum absolute atomic E-state index is 0.00290. The molecule has 37 heteroatoms. The molecule has 37 atom stereocenters. The second-order valence-electron chi connectivity index (χ2n) is 32.7. The van der Waals surface area contributed by atoms with Gasteiger partial charge in [-0.25, -0.2) is 4.79 Å². The van der Waals surface area contributed by atoms with E-state index < -0.39 is 265 Å². The highest BCUT2D eigenvalue weighted by atomic mass is 16.8. The quantitative estimate of drug-likeness (QED) is 0.0172. The van der Waals surface area contributed by atoms with Crippen molar-refractivity contribution >= 4 is 5.97 Å². The zero-order chi connectivity index (χ0) is 88.2.